The number of allylic oxidation sites excluding steroid dienone is 2. The number of esters is 1. The molecular weight excluding hydrogens is 294 g/mol. The summed E-state index contributed by atoms with van der Waals surface area (Å²) in [5.74, 6) is -6.59. The molecule has 0 radical (unpaired) electrons. The predicted octanol–water partition coefficient (Wildman–Crippen LogP) is 1.42. The molecule has 0 heterocycles. The van der Waals surface area contributed by atoms with Gasteiger partial charge in [-0.2, -0.15) is 0 Å². The van der Waals surface area contributed by atoms with Crippen LogP contribution in [0.4, 0.5) is 0 Å². The lowest BCUT2D eigenvalue weighted by Crippen LogP contribution is -2.46. The van der Waals surface area contributed by atoms with Crippen molar-refractivity contribution in [1.29, 1.82) is 0 Å². The van der Waals surface area contributed by atoms with Gasteiger partial charge in [0.25, 0.3) is 3.79 Å². The molecule has 1 aliphatic carbocycles. The van der Waals surface area contributed by atoms with E-state index in [4.69, 9.17) is 39.9 Å². The van der Waals surface area contributed by atoms with Gasteiger partial charge in [0, 0.05) is 0 Å². The van der Waals surface area contributed by atoms with E-state index >= 15 is 0 Å². The zero-order chi connectivity index (χ0) is 13.3. The number of hydrogen-bond donors (Lipinski definition) is 2. The van der Waals surface area contributed by atoms with Crippen LogP contribution in [-0.2, 0) is 14.3 Å². The molecule has 94 valence electrons. The molecule has 5 nitrogen and oxygen atoms in total. The number of carbonyl (C=O) groups excluding carboxylic acids is 1. The van der Waals surface area contributed by atoms with Gasteiger partial charge >= 0.3 is 11.9 Å². The molecule has 0 saturated carbocycles. The molecule has 1 aliphatic rings. The minimum Gasteiger partial charge on any atom is -0.481 e. The first kappa shape index (κ1) is 14.3. The highest BCUT2D eigenvalue weighted by molar-refractivity contribution is 6.75. The molecule has 0 aromatic heterocycles. The topological polar surface area (TPSA) is 83.8 Å². The predicted molar refractivity (Wildman–Crippen MR) is 60.7 cm³/mol. The van der Waals surface area contributed by atoms with Gasteiger partial charge in [0.15, 0.2) is 0 Å². The van der Waals surface area contributed by atoms with Crippen LogP contribution in [0.1, 0.15) is 0 Å². The Morgan fingerprint density at radius 2 is 1.88 bits per heavy atom. The zero-order valence-electron chi connectivity index (χ0n) is 8.14. The molecule has 0 aromatic rings. The van der Waals surface area contributed by atoms with Crippen molar-refractivity contribution in [2.45, 2.75) is 9.58 Å². The van der Waals surface area contributed by atoms with Crippen LogP contribution in [-0.4, -0.2) is 31.7 Å². The summed E-state index contributed by atoms with van der Waals surface area (Å²) in [6.07, 6.45) is 4.83. The Morgan fingerprint density at radius 1 is 1.29 bits per heavy atom. The van der Waals surface area contributed by atoms with Crippen LogP contribution in [0.25, 0.3) is 0 Å². The molecule has 0 fully saturated rings. The van der Waals surface area contributed by atoms with Crippen LogP contribution in [0.2, 0.25) is 0 Å². The third-order valence-corrected chi connectivity index (χ3v) is 2.41. The number of aliphatic hydroxyl groups is 1. The summed E-state index contributed by atoms with van der Waals surface area (Å²) in [7, 11) is 0. The molecule has 0 amide bonds. The van der Waals surface area contributed by atoms with E-state index in [1.165, 1.54) is 12.2 Å². The largest absolute Gasteiger partial charge is 0.481 e. The molecule has 2 N–H and O–H groups in total. The zero-order valence-corrected chi connectivity index (χ0v) is 10.4. The van der Waals surface area contributed by atoms with Crippen LogP contribution < -0.4 is 0 Å². The van der Waals surface area contributed by atoms with Crippen LogP contribution in [0.5, 0.6) is 0 Å². The fourth-order valence-electron chi connectivity index (χ4n) is 1.17. The molecular formula is C9H7Cl3O5. The van der Waals surface area contributed by atoms with Gasteiger partial charge in [-0.1, -0.05) is 53.0 Å². The average Bonchev–Trinajstić information content (AvgIpc) is 2.15. The molecule has 0 bridgehead atoms. The van der Waals surface area contributed by atoms with Gasteiger partial charge in [-0.05, 0) is 6.08 Å². The van der Waals surface area contributed by atoms with Crippen LogP contribution in [0.3, 0.4) is 0 Å². The first-order valence-corrected chi connectivity index (χ1v) is 5.41. The number of carbonyl (C=O) groups is 2. The summed E-state index contributed by atoms with van der Waals surface area (Å²) in [4.78, 5) is 22.1. The molecule has 2 atom stereocenters. The third-order valence-electron chi connectivity index (χ3n) is 1.95. The summed E-state index contributed by atoms with van der Waals surface area (Å²) < 4.78 is 2.12. The SMILES string of the molecule is O=C(O)C1C=CC=CC1(O)OC(=O)C(Cl)(Cl)Cl. The van der Waals surface area contributed by atoms with E-state index in [9.17, 15) is 14.7 Å². The van der Waals surface area contributed by atoms with Crippen molar-refractivity contribution in [3.8, 4) is 0 Å². The minimum absolute atomic E-state index is 0.986. The second-order valence-corrected chi connectivity index (χ2v) is 5.48. The van der Waals surface area contributed by atoms with Crippen molar-refractivity contribution in [2.75, 3.05) is 0 Å². The summed E-state index contributed by atoms with van der Waals surface area (Å²) in [5, 5.41) is 18.8. The summed E-state index contributed by atoms with van der Waals surface area (Å²) in [5.41, 5.74) is 0. The number of alkyl halides is 3. The van der Waals surface area contributed by atoms with Crippen molar-refractivity contribution in [2.24, 2.45) is 5.92 Å². The van der Waals surface area contributed by atoms with Gasteiger partial charge < -0.3 is 14.9 Å². The van der Waals surface area contributed by atoms with Crippen LogP contribution in [0.15, 0.2) is 24.3 Å². The summed E-state index contributed by atoms with van der Waals surface area (Å²) in [6, 6.07) is 0. The normalized spacial score (nSPS) is 27.9. The number of rotatable bonds is 2. The first-order chi connectivity index (χ1) is 7.67. The van der Waals surface area contributed by atoms with Crippen molar-refractivity contribution in [1.82, 2.24) is 0 Å². The number of aliphatic carboxylic acids is 1. The highest BCUT2D eigenvalue weighted by Crippen LogP contribution is 2.33. The van der Waals surface area contributed by atoms with Crippen LogP contribution >= 0.6 is 34.8 Å². The second kappa shape index (κ2) is 4.86. The maximum atomic E-state index is 11.3. The number of ether oxygens (including phenoxy) is 1. The van der Waals surface area contributed by atoms with Gasteiger partial charge in [0.1, 0.15) is 5.92 Å². The van der Waals surface area contributed by atoms with E-state index in [-0.39, 0.29) is 0 Å². The van der Waals surface area contributed by atoms with Gasteiger partial charge in [0.2, 0.25) is 5.79 Å². The average molecular weight is 302 g/mol. The molecule has 2 unspecified atom stereocenters. The first-order valence-electron chi connectivity index (χ1n) is 4.28. The molecule has 1 rings (SSSR count). The Bertz CT molecular complexity index is 398. The van der Waals surface area contributed by atoms with E-state index in [1.54, 1.807) is 0 Å². The monoisotopic (exact) mass is 300 g/mol. The van der Waals surface area contributed by atoms with Crippen molar-refractivity contribution in [3.05, 3.63) is 24.3 Å². The lowest BCUT2D eigenvalue weighted by molar-refractivity contribution is -0.206. The Kier molecular flexibility index (Phi) is 4.09. The minimum atomic E-state index is -2.40. The Balaban J connectivity index is 2.93. The number of carboxylic acids is 1. The van der Waals surface area contributed by atoms with E-state index in [0.29, 0.717) is 0 Å². The van der Waals surface area contributed by atoms with Gasteiger partial charge in [-0.15, -0.1) is 0 Å². The van der Waals surface area contributed by atoms with Gasteiger partial charge in [-0.3, -0.25) is 4.79 Å². The van der Waals surface area contributed by atoms with Crippen LogP contribution in [0, 0.1) is 5.92 Å². The summed E-state index contributed by atoms with van der Waals surface area (Å²) >= 11 is 15.7. The highest BCUT2D eigenvalue weighted by atomic mass is 35.6. The van der Waals surface area contributed by atoms with E-state index in [0.717, 1.165) is 12.2 Å². The molecule has 17 heavy (non-hydrogen) atoms. The third kappa shape index (κ3) is 3.35. The molecule has 8 heteroatoms. The Labute approximate surface area is 111 Å². The number of carboxylic acid groups (broad SMARTS) is 1. The molecule has 0 aromatic carbocycles. The van der Waals surface area contributed by atoms with E-state index in [2.05, 4.69) is 4.74 Å². The maximum absolute atomic E-state index is 11.3. The van der Waals surface area contributed by atoms with Gasteiger partial charge in [0.05, 0.1) is 0 Å². The van der Waals surface area contributed by atoms with Gasteiger partial charge in [-0.25, -0.2) is 4.79 Å². The number of halogens is 3. The fourth-order valence-corrected chi connectivity index (χ4v) is 1.29. The van der Waals surface area contributed by atoms with E-state index in [1.807, 2.05) is 0 Å². The molecule has 0 aliphatic heterocycles. The smallest absolute Gasteiger partial charge is 0.361 e. The van der Waals surface area contributed by atoms with Crippen molar-refractivity contribution < 1.29 is 24.5 Å². The number of hydrogen-bond acceptors (Lipinski definition) is 4. The standard InChI is InChI=1S/C9H7Cl3O5/c10-9(11,12)7(15)17-8(16)4-2-1-3-5(8)6(13)14/h1-5,16H,(H,13,14). The lowest BCUT2D eigenvalue weighted by Gasteiger charge is -2.31. The Hall–Kier alpha value is -0.750. The van der Waals surface area contributed by atoms with Crippen molar-refractivity contribution >= 4 is 46.7 Å². The molecule has 0 spiro atoms. The van der Waals surface area contributed by atoms with Crippen molar-refractivity contribution in [3.63, 3.8) is 0 Å². The second-order valence-electron chi connectivity index (χ2n) is 3.20. The fraction of sp³-hybridized carbons (Fsp3) is 0.333. The maximum Gasteiger partial charge on any atom is 0.361 e. The highest BCUT2D eigenvalue weighted by Gasteiger charge is 2.46. The molecule has 0 saturated heterocycles. The quantitative estimate of drug-likeness (QED) is 0.458. The lowest BCUT2D eigenvalue weighted by atomic mass is 9.94. The van der Waals surface area contributed by atoms with E-state index < -0.39 is 27.4 Å². The Morgan fingerprint density at radius 3 is 2.35 bits per heavy atom. The summed E-state index contributed by atoms with van der Waals surface area (Å²) in [6.45, 7) is 0.